The molecule has 0 amide bonds. The molecule has 1 saturated heterocycles. The van der Waals surface area contributed by atoms with Crippen molar-refractivity contribution in [1.82, 2.24) is 4.31 Å². The molecule has 1 aromatic carbocycles. The van der Waals surface area contributed by atoms with Gasteiger partial charge in [0.25, 0.3) is 0 Å². The number of nitrogens with two attached hydrogens (primary N) is 1. The number of rotatable bonds is 6. The third-order valence-corrected chi connectivity index (χ3v) is 8.81. The Morgan fingerprint density at radius 2 is 1.54 bits per heavy atom. The van der Waals surface area contributed by atoms with E-state index in [0.29, 0.717) is 5.76 Å². The lowest BCUT2D eigenvalue weighted by atomic mass is 10.3. The summed E-state index contributed by atoms with van der Waals surface area (Å²) in [5.74, 6) is 0.00613. The molecule has 2 aromatic rings. The summed E-state index contributed by atoms with van der Waals surface area (Å²) < 4.78 is 78.1. The summed E-state index contributed by atoms with van der Waals surface area (Å²) in [6.45, 7) is -0.329. The molecule has 1 aliphatic heterocycles. The van der Waals surface area contributed by atoms with Crippen LogP contribution in [0.1, 0.15) is 5.76 Å². The van der Waals surface area contributed by atoms with E-state index in [0.717, 1.165) is 28.6 Å². The maximum absolute atomic E-state index is 12.5. The Morgan fingerprint density at radius 1 is 0.962 bits per heavy atom. The predicted octanol–water partition coefficient (Wildman–Crippen LogP) is -0.0851. The maximum Gasteiger partial charge on any atom is 0.243 e. The van der Waals surface area contributed by atoms with Crippen molar-refractivity contribution in [3.8, 4) is 0 Å². The van der Waals surface area contributed by atoms with Gasteiger partial charge in [0.2, 0.25) is 20.0 Å². The largest absolute Gasteiger partial charge is 0.468 e. The van der Waals surface area contributed by atoms with Gasteiger partial charge < -0.3 is 4.42 Å². The highest BCUT2D eigenvalue weighted by Gasteiger charge is 2.43. The lowest BCUT2D eigenvalue weighted by Crippen LogP contribution is -2.56. The van der Waals surface area contributed by atoms with E-state index in [1.165, 1.54) is 12.3 Å². The second kappa shape index (κ2) is 6.46. The minimum absolute atomic E-state index is 0.133. The van der Waals surface area contributed by atoms with Crippen molar-refractivity contribution in [3.05, 3.63) is 48.4 Å². The average molecular weight is 420 g/mol. The van der Waals surface area contributed by atoms with Crippen molar-refractivity contribution < 1.29 is 29.7 Å². The first-order chi connectivity index (χ1) is 12.0. The van der Waals surface area contributed by atoms with Crippen molar-refractivity contribution in [3.63, 3.8) is 0 Å². The quantitative estimate of drug-likeness (QED) is 0.687. The number of sulfone groups is 1. The number of hydrogen-bond acceptors (Lipinski definition) is 7. The smallest absolute Gasteiger partial charge is 0.243 e. The van der Waals surface area contributed by atoms with Gasteiger partial charge in [-0.25, -0.2) is 30.4 Å². The van der Waals surface area contributed by atoms with Crippen molar-refractivity contribution >= 4 is 29.9 Å². The third kappa shape index (κ3) is 3.69. The molecule has 142 valence electrons. The molecule has 12 heteroatoms. The summed E-state index contributed by atoms with van der Waals surface area (Å²) in [4.78, 5) is -0.342. The van der Waals surface area contributed by atoms with Crippen LogP contribution in [0, 0.1) is 0 Å². The number of sulfonamides is 2. The van der Waals surface area contributed by atoms with E-state index < -0.39 is 35.1 Å². The first-order valence-electron chi connectivity index (χ1n) is 7.37. The second-order valence-corrected chi connectivity index (χ2v) is 11.6. The number of furan rings is 1. The Hall–Kier alpha value is -1.73. The normalized spacial score (nSPS) is 17.1. The first-order valence-corrected chi connectivity index (χ1v) is 12.1. The highest BCUT2D eigenvalue weighted by atomic mass is 32.2. The minimum Gasteiger partial charge on any atom is -0.468 e. The van der Waals surface area contributed by atoms with Gasteiger partial charge in [-0.1, -0.05) is 0 Å². The number of benzene rings is 1. The van der Waals surface area contributed by atoms with E-state index in [1.807, 2.05) is 0 Å². The van der Waals surface area contributed by atoms with Gasteiger partial charge in [-0.2, -0.15) is 4.31 Å². The summed E-state index contributed by atoms with van der Waals surface area (Å²) in [5.41, 5.74) is 0. The fourth-order valence-electron chi connectivity index (χ4n) is 2.49. The minimum atomic E-state index is -3.93. The van der Waals surface area contributed by atoms with Crippen LogP contribution in [-0.2, 0) is 35.6 Å². The first kappa shape index (κ1) is 19.0. The highest BCUT2D eigenvalue weighted by molar-refractivity contribution is 7.92. The van der Waals surface area contributed by atoms with Gasteiger partial charge in [0.05, 0.1) is 21.3 Å². The molecular formula is C14H16N2O7S3. The van der Waals surface area contributed by atoms with E-state index in [1.54, 1.807) is 6.07 Å². The monoisotopic (exact) mass is 420 g/mol. The molecule has 1 aromatic heterocycles. The van der Waals surface area contributed by atoms with Gasteiger partial charge in [-0.15, -0.1) is 0 Å². The van der Waals surface area contributed by atoms with E-state index >= 15 is 0 Å². The molecule has 3 rings (SSSR count). The van der Waals surface area contributed by atoms with Crippen molar-refractivity contribution in [2.45, 2.75) is 20.8 Å². The topological polar surface area (TPSA) is 145 Å². The second-order valence-electron chi connectivity index (χ2n) is 5.85. The molecule has 9 nitrogen and oxygen atoms in total. The Balaban J connectivity index is 1.71. The Morgan fingerprint density at radius 3 is 2.04 bits per heavy atom. The highest BCUT2D eigenvalue weighted by Crippen LogP contribution is 2.27. The van der Waals surface area contributed by atoms with Crippen LogP contribution in [0.5, 0.6) is 0 Å². The Labute approximate surface area is 151 Å². The van der Waals surface area contributed by atoms with Crippen LogP contribution >= 0.6 is 0 Å². The van der Waals surface area contributed by atoms with Crippen molar-refractivity contribution in [1.29, 1.82) is 0 Å². The number of hydrogen-bond donors (Lipinski definition) is 1. The van der Waals surface area contributed by atoms with Gasteiger partial charge in [0.15, 0.2) is 9.84 Å². The van der Waals surface area contributed by atoms with Gasteiger partial charge >= 0.3 is 0 Å². The maximum atomic E-state index is 12.5. The van der Waals surface area contributed by atoms with Crippen molar-refractivity contribution in [2.75, 3.05) is 13.1 Å². The molecule has 0 radical (unpaired) electrons. The third-order valence-electron chi connectivity index (χ3n) is 4.04. The summed E-state index contributed by atoms with van der Waals surface area (Å²) in [6.07, 6.45) is 1.37. The molecule has 2 N–H and O–H groups in total. The van der Waals surface area contributed by atoms with Crippen LogP contribution in [0.3, 0.4) is 0 Å². The van der Waals surface area contributed by atoms with E-state index in [2.05, 4.69) is 0 Å². The predicted molar refractivity (Wildman–Crippen MR) is 91.7 cm³/mol. The van der Waals surface area contributed by atoms with Crippen LogP contribution < -0.4 is 5.14 Å². The van der Waals surface area contributed by atoms with Crippen LogP contribution in [-0.4, -0.2) is 47.9 Å². The zero-order chi connectivity index (χ0) is 19.2. The number of primary sulfonamides is 1. The molecule has 0 atom stereocenters. The summed E-state index contributed by atoms with van der Waals surface area (Å²) in [7, 11) is -11.4. The van der Waals surface area contributed by atoms with Crippen LogP contribution in [0.2, 0.25) is 0 Å². The number of nitrogens with zero attached hydrogens (tertiary/aromatic N) is 1. The lowest BCUT2D eigenvalue weighted by Gasteiger charge is -2.37. The van der Waals surface area contributed by atoms with Gasteiger partial charge in [-0.3, -0.25) is 0 Å². The van der Waals surface area contributed by atoms with Crippen LogP contribution in [0.4, 0.5) is 0 Å². The van der Waals surface area contributed by atoms with Crippen LogP contribution in [0.25, 0.3) is 0 Å². The lowest BCUT2D eigenvalue weighted by molar-refractivity contribution is 0.309. The molecule has 2 heterocycles. The van der Waals surface area contributed by atoms with E-state index in [9.17, 15) is 25.3 Å². The average Bonchev–Trinajstić information content (AvgIpc) is 2.96. The zero-order valence-corrected chi connectivity index (χ0v) is 15.8. The molecule has 1 fully saturated rings. The molecule has 0 spiro atoms. The van der Waals surface area contributed by atoms with Gasteiger partial charge in [0, 0.05) is 13.1 Å². The molecule has 1 aliphatic rings. The van der Waals surface area contributed by atoms with E-state index in [4.69, 9.17) is 9.56 Å². The summed E-state index contributed by atoms with van der Waals surface area (Å²) in [5, 5.41) is 4.16. The fraction of sp³-hybridized carbons (Fsp3) is 0.286. The van der Waals surface area contributed by atoms with Crippen LogP contribution in [0.15, 0.2) is 56.9 Å². The van der Waals surface area contributed by atoms with Crippen molar-refractivity contribution in [2.24, 2.45) is 5.14 Å². The molecule has 0 aliphatic carbocycles. The van der Waals surface area contributed by atoms with E-state index in [-0.39, 0.29) is 28.6 Å². The SMILES string of the molecule is NS(=O)(=O)c1ccc(S(=O)(=O)N2CC(S(=O)(=O)Cc3ccco3)C2)cc1. The Bertz CT molecular complexity index is 1100. The summed E-state index contributed by atoms with van der Waals surface area (Å²) in [6, 6.07) is 7.55. The molecule has 0 unspecified atom stereocenters. The molecule has 0 bridgehead atoms. The summed E-state index contributed by atoms with van der Waals surface area (Å²) >= 11 is 0. The van der Waals surface area contributed by atoms with Gasteiger partial charge in [-0.05, 0) is 36.4 Å². The fourth-order valence-corrected chi connectivity index (χ4v) is 6.33. The molecular weight excluding hydrogens is 404 g/mol. The van der Waals surface area contributed by atoms with Gasteiger partial charge in [0.1, 0.15) is 11.5 Å². The molecule has 0 saturated carbocycles. The zero-order valence-electron chi connectivity index (χ0n) is 13.3. The molecule has 26 heavy (non-hydrogen) atoms. The Kier molecular flexibility index (Phi) is 4.73. The standard InChI is InChI=1S/C14H16N2O7S3/c15-25(19,20)12-3-5-13(6-4-12)26(21,22)16-8-14(9-16)24(17,18)10-11-2-1-7-23-11/h1-7,14H,8-10H2,(H2,15,19,20).